The van der Waals surface area contributed by atoms with Crippen molar-refractivity contribution in [2.24, 2.45) is 0 Å². The minimum absolute atomic E-state index is 0.214. The van der Waals surface area contributed by atoms with Crippen LogP contribution in [-0.4, -0.2) is 24.1 Å². The Morgan fingerprint density at radius 1 is 0.828 bits per heavy atom. The fourth-order valence-corrected chi connectivity index (χ4v) is 3.30. The summed E-state index contributed by atoms with van der Waals surface area (Å²) in [5.74, 6) is -1.10. The molecule has 0 radical (unpaired) electrons. The average molecular weight is 389 g/mol. The summed E-state index contributed by atoms with van der Waals surface area (Å²) in [6.45, 7) is 0. The summed E-state index contributed by atoms with van der Waals surface area (Å²) in [7, 11) is 1.57. The van der Waals surface area contributed by atoms with Crippen LogP contribution >= 0.6 is 0 Å². The molecule has 148 valence electrons. The van der Waals surface area contributed by atoms with Gasteiger partial charge in [0, 0.05) is 0 Å². The zero-order valence-electron chi connectivity index (χ0n) is 16.1. The molecule has 2 N–H and O–H groups in total. The first-order valence-corrected chi connectivity index (χ1v) is 9.34. The number of carbonyl (C=O) groups excluding carboxylic acids is 1. The highest BCUT2D eigenvalue weighted by molar-refractivity contribution is 5.88. The molecule has 1 atom stereocenters. The van der Waals surface area contributed by atoms with Crippen LogP contribution in [0.15, 0.2) is 84.9 Å². The molecule has 0 spiro atoms. The van der Waals surface area contributed by atoms with Crippen LogP contribution < -0.4 is 10.1 Å². The summed E-state index contributed by atoms with van der Waals surface area (Å²) in [6.07, 6.45) is -0.214. The van der Waals surface area contributed by atoms with Gasteiger partial charge in [-0.3, -0.25) is 9.59 Å². The van der Waals surface area contributed by atoms with Gasteiger partial charge in [0.1, 0.15) is 5.75 Å². The van der Waals surface area contributed by atoms with E-state index in [-0.39, 0.29) is 12.3 Å². The first kappa shape index (κ1) is 20.1. The molecule has 0 saturated carbocycles. The molecule has 1 amide bonds. The number of carbonyl (C=O) groups is 2. The van der Waals surface area contributed by atoms with Crippen molar-refractivity contribution < 1.29 is 19.4 Å². The van der Waals surface area contributed by atoms with Crippen molar-refractivity contribution in [3.8, 4) is 5.75 Å². The maximum absolute atomic E-state index is 13.3. The largest absolute Gasteiger partial charge is 0.497 e. The third-order valence-corrected chi connectivity index (χ3v) is 4.74. The van der Waals surface area contributed by atoms with Gasteiger partial charge < -0.3 is 15.2 Å². The lowest BCUT2D eigenvalue weighted by Crippen LogP contribution is -2.34. The van der Waals surface area contributed by atoms with E-state index in [4.69, 9.17) is 4.74 Å². The van der Waals surface area contributed by atoms with Crippen molar-refractivity contribution >= 4 is 11.9 Å². The summed E-state index contributed by atoms with van der Waals surface area (Å²) in [5.41, 5.74) is 2.40. The first-order chi connectivity index (χ1) is 14.1. The van der Waals surface area contributed by atoms with Crippen molar-refractivity contribution in [1.29, 1.82) is 0 Å². The van der Waals surface area contributed by atoms with Crippen LogP contribution in [0, 0.1) is 0 Å². The molecule has 0 aliphatic rings. The molecule has 0 aromatic heterocycles. The second kappa shape index (κ2) is 9.55. The Bertz CT molecular complexity index is 900. The Morgan fingerprint density at radius 2 is 1.34 bits per heavy atom. The van der Waals surface area contributed by atoms with Crippen molar-refractivity contribution in [2.45, 2.75) is 18.4 Å². The maximum atomic E-state index is 13.3. The number of amides is 1. The summed E-state index contributed by atoms with van der Waals surface area (Å²) in [6, 6.07) is 25.3. The molecule has 0 fully saturated rings. The number of nitrogens with one attached hydrogen (secondary N) is 1. The quantitative estimate of drug-likeness (QED) is 0.607. The van der Waals surface area contributed by atoms with Gasteiger partial charge in [0.25, 0.3) is 0 Å². The third-order valence-electron chi connectivity index (χ3n) is 4.74. The van der Waals surface area contributed by atoms with E-state index in [1.165, 1.54) is 0 Å². The zero-order chi connectivity index (χ0) is 20.6. The lowest BCUT2D eigenvalue weighted by Gasteiger charge is -2.23. The Kier molecular flexibility index (Phi) is 6.63. The van der Waals surface area contributed by atoms with Gasteiger partial charge in [0.2, 0.25) is 5.91 Å². The van der Waals surface area contributed by atoms with Gasteiger partial charge in [-0.1, -0.05) is 72.8 Å². The van der Waals surface area contributed by atoms with E-state index in [1.54, 1.807) is 31.4 Å². The summed E-state index contributed by atoms with van der Waals surface area (Å²) in [4.78, 5) is 24.7. The second-order valence-corrected chi connectivity index (χ2v) is 6.69. The van der Waals surface area contributed by atoms with Gasteiger partial charge in [0.05, 0.1) is 25.5 Å². The fraction of sp³-hybridized carbons (Fsp3) is 0.167. The maximum Gasteiger partial charge on any atom is 0.305 e. The molecule has 5 nitrogen and oxygen atoms in total. The van der Waals surface area contributed by atoms with E-state index < -0.39 is 17.9 Å². The third kappa shape index (κ3) is 5.23. The number of aliphatic carboxylic acids is 1. The van der Waals surface area contributed by atoms with Crippen LogP contribution in [0.1, 0.15) is 35.1 Å². The monoisotopic (exact) mass is 389 g/mol. The van der Waals surface area contributed by atoms with E-state index in [1.807, 2.05) is 60.7 Å². The predicted molar refractivity (Wildman–Crippen MR) is 111 cm³/mol. The number of methoxy groups -OCH3 is 1. The van der Waals surface area contributed by atoms with Crippen LogP contribution in [-0.2, 0) is 9.59 Å². The van der Waals surface area contributed by atoms with Gasteiger partial charge in [-0.2, -0.15) is 0 Å². The summed E-state index contributed by atoms with van der Waals surface area (Å²) >= 11 is 0. The molecule has 3 aromatic carbocycles. The molecule has 0 aliphatic heterocycles. The molecule has 0 unspecified atom stereocenters. The Balaban J connectivity index is 1.91. The van der Waals surface area contributed by atoms with Crippen molar-refractivity contribution in [3.63, 3.8) is 0 Å². The van der Waals surface area contributed by atoms with Crippen LogP contribution in [0.2, 0.25) is 0 Å². The number of hydrogen-bond acceptors (Lipinski definition) is 3. The average Bonchev–Trinajstić information content (AvgIpc) is 2.75. The molecule has 3 rings (SSSR count). The van der Waals surface area contributed by atoms with E-state index >= 15 is 0 Å². The molecule has 3 aromatic rings. The van der Waals surface area contributed by atoms with Gasteiger partial charge in [-0.15, -0.1) is 0 Å². The minimum Gasteiger partial charge on any atom is -0.497 e. The molecule has 0 bridgehead atoms. The highest BCUT2D eigenvalue weighted by Gasteiger charge is 2.26. The van der Waals surface area contributed by atoms with Crippen LogP contribution in [0.25, 0.3) is 0 Å². The molecule has 0 saturated heterocycles. The molecule has 0 aliphatic carbocycles. The zero-order valence-corrected chi connectivity index (χ0v) is 16.1. The minimum atomic E-state index is -0.984. The molecule has 0 heterocycles. The first-order valence-electron chi connectivity index (χ1n) is 9.34. The number of ether oxygens (including phenoxy) is 1. The number of hydrogen-bond donors (Lipinski definition) is 2. The van der Waals surface area contributed by atoms with Crippen LogP contribution in [0.5, 0.6) is 5.75 Å². The van der Waals surface area contributed by atoms with Crippen LogP contribution in [0.3, 0.4) is 0 Å². The van der Waals surface area contributed by atoms with E-state index in [0.717, 1.165) is 11.1 Å². The Morgan fingerprint density at radius 3 is 1.79 bits per heavy atom. The highest BCUT2D eigenvalue weighted by atomic mass is 16.5. The smallest absolute Gasteiger partial charge is 0.305 e. The Hall–Kier alpha value is -3.60. The number of carboxylic acids is 1. The highest BCUT2D eigenvalue weighted by Crippen LogP contribution is 2.27. The summed E-state index contributed by atoms with van der Waals surface area (Å²) < 4.78 is 5.16. The van der Waals surface area contributed by atoms with Crippen molar-refractivity contribution in [3.05, 3.63) is 102 Å². The van der Waals surface area contributed by atoms with Gasteiger partial charge >= 0.3 is 5.97 Å². The second-order valence-electron chi connectivity index (χ2n) is 6.69. The number of carboxylic acid groups (broad SMARTS) is 1. The summed E-state index contributed by atoms with van der Waals surface area (Å²) in [5, 5.41) is 12.3. The lowest BCUT2D eigenvalue weighted by atomic mass is 9.90. The Labute approximate surface area is 170 Å². The predicted octanol–water partition coefficient (Wildman–Crippen LogP) is 4.16. The van der Waals surface area contributed by atoms with E-state index in [2.05, 4.69) is 5.32 Å². The van der Waals surface area contributed by atoms with E-state index in [9.17, 15) is 14.7 Å². The molecule has 29 heavy (non-hydrogen) atoms. The topological polar surface area (TPSA) is 75.6 Å². The van der Waals surface area contributed by atoms with Crippen LogP contribution in [0.4, 0.5) is 0 Å². The van der Waals surface area contributed by atoms with E-state index in [0.29, 0.717) is 11.3 Å². The fourth-order valence-electron chi connectivity index (χ4n) is 3.30. The molecular weight excluding hydrogens is 366 g/mol. The lowest BCUT2D eigenvalue weighted by molar-refractivity contribution is -0.137. The van der Waals surface area contributed by atoms with Crippen molar-refractivity contribution in [2.75, 3.05) is 7.11 Å². The standard InChI is InChI=1S/C24H23NO4/c1-29-20-14-12-17(13-15-20)21(16-22(26)27)25-24(28)23(18-8-4-2-5-9-18)19-10-6-3-7-11-19/h2-15,21,23H,16H2,1H3,(H,25,28)(H,26,27)/t21-/m1/s1. The number of benzene rings is 3. The number of rotatable bonds is 8. The van der Waals surface area contributed by atoms with Gasteiger partial charge in [-0.05, 0) is 28.8 Å². The normalized spacial score (nSPS) is 11.7. The van der Waals surface area contributed by atoms with Gasteiger partial charge in [0.15, 0.2) is 0 Å². The van der Waals surface area contributed by atoms with Crippen molar-refractivity contribution in [1.82, 2.24) is 5.32 Å². The SMILES string of the molecule is COc1ccc([C@@H](CC(=O)O)NC(=O)C(c2ccccc2)c2ccccc2)cc1. The van der Waals surface area contributed by atoms with Gasteiger partial charge in [-0.25, -0.2) is 0 Å². The molecular formula is C24H23NO4. The molecule has 5 heteroatoms.